The maximum absolute atomic E-state index is 12.3. The van der Waals surface area contributed by atoms with Gasteiger partial charge in [0, 0.05) is 19.0 Å². The van der Waals surface area contributed by atoms with E-state index < -0.39 is 5.25 Å². The number of halogens is 2. The van der Waals surface area contributed by atoms with Crippen molar-refractivity contribution in [2.45, 2.75) is 25.5 Å². The van der Waals surface area contributed by atoms with Gasteiger partial charge in [0.2, 0.25) is 17.7 Å². The zero-order chi connectivity index (χ0) is 23.3. The number of hydrogen-bond donors (Lipinski definition) is 3. The van der Waals surface area contributed by atoms with E-state index in [1.807, 2.05) is 6.07 Å². The number of benzene rings is 2. The number of rotatable bonds is 6. The van der Waals surface area contributed by atoms with Crippen LogP contribution in [0.5, 0.6) is 0 Å². The number of nitrogens with one attached hydrogen (secondary N) is 3. The molecule has 1 saturated heterocycles. The summed E-state index contributed by atoms with van der Waals surface area (Å²) in [5, 5.41) is 16.4. The number of hydrogen-bond acceptors (Lipinski definition) is 6. The third kappa shape index (κ3) is 6.32. The predicted octanol–water partition coefficient (Wildman–Crippen LogP) is 4.29. The Morgan fingerprint density at radius 1 is 1.12 bits per heavy atom. The Morgan fingerprint density at radius 3 is 2.62 bits per heavy atom. The molecule has 3 rings (SSSR count). The van der Waals surface area contributed by atoms with Gasteiger partial charge < -0.3 is 16.0 Å². The van der Waals surface area contributed by atoms with Gasteiger partial charge in [0.05, 0.1) is 21.4 Å². The summed E-state index contributed by atoms with van der Waals surface area (Å²) in [6, 6.07) is 12.1. The summed E-state index contributed by atoms with van der Waals surface area (Å²) in [5.41, 5.74) is 2.38. The van der Waals surface area contributed by atoms with Gasteiger partial charge in [0.25, 0.3) is 0 Å². The Balaban J connectivity index is 1.62. The number of thioether (sulfide) groups is 1. The highest BCUT2D eigenvalue weighted by Gasteiger charge is 2.32. The topological polar surface area (TPSA) is 112 Å². The smallest absolute Gasteiger partial charge is 0.240 e. The van der Waals surface area contributed by atoms with E-state index in [-0.39, 0.29) is 29.2 Å². The quantitative estimate of drug-likeness (QED) is 0.413. The summed E-state index contributed by atoms with van der Waals surface area (Å²) in [6.45, 7) is 3.19. The Kier molecular flexibility index (Phi) is 7.89. The van der Waals surface area contributed by atoms with Crippen molar-refractivity contribution in [2.24, 2.45) is 10.2 Å². The molecule has 1 fully saturated rings. The second-order valence-corrected chi connectivity index (χ2v) is 8.78. The molecule has 2 aromatic carbocycles. The molecule has 0 spiro atoms. The second kappa shape index (κ2) is 10.6. The summed E-state index contributed by atoms with van der Waals surface area (Å²) in [6.07, 6.45) is -0.0696. The molecule has 1 atom stereocenters. The van der Waals surface area contributed by atoms with Crippen LogP contribution in [0.4, 0.5) is 11.4 Å². The third-order valence-corrected chi connectivity index (χ3v) is 6.16. The molecule has 32 heavy (non-hydrogen) atoms. The van der Waals surface area contributed by atoms with Crippen LogP contribution in [0.15, 0.2) is 52.7 Å². The zero-order valence-corrected chi connectivity index (χ0v) is 19.4. The van der Waals surface area contributed by atoms with Gasteiger partial charge in [-0.1, -0.05) is 53.2 Å². The van der Waals surface area contributed by atoms with Crippen molar-refractivity contribution in [3.63, 3.8) is 0 Å². The van der Waals surface area contributed by atoms with Crippen LogP contribution in [0.2, 0.25) is 10.0 Å². The van der Waals surface area contributed by atoms with Crippen LogP contribution in [0.25, 0.3) is 0 Å². The first kappa shape index (κ1) is 23.8. The highest BCUT2D eigenvalue weighted by Crippen LogP contribution is 2.30. The molecule has 0 radical (unpaired) electrons. The maximum atomic E-state index is 12.3. The van der Waals surface area contributed by atoms with Crippen molar-refractivity contribution < 1.29 is 14.4 Å². The second-order valence-electron chi connectivity index (χ2n) is 6.80. The minimum absolute atomic E-state index is 0.0696. The van der Waals surface area contributed by atoms with Crippen LogP contribution in [0.1, 0.15) is 25.8 Å². The van der Waals surface area contributed by atoms with Crippen LogP contribution in [-0.4, -0.2) is 33.9 Å². The van der Waals surface area contributed by atoms with Gasteiger partial charge >= 0.3 is 0 Å². The number of carbonyl (C=O) groups excluding carboxylic acids is 3. The Hall–Kier alpha value is -2.88. The Morgan fingerprint density at radius 2 is 1.88 bits per heavy atom. The molecule has 1 aliphatic heterocycles. The predicted molar refractivity (Wildman–Crippen MR) is 130 cm³/mol. The van der Waals surface area contributed by atoms with E-state index in [2.05, 4.69) is 26.2 Å². The fraction of sp³-hybridized carbons (Fsp3) is 0.190. The van der Waals surface area contributed by atoms with Gasteiger partial charge in [-0.2, -0.15) is 5.10 Å². The Labute approximate surface area is 198 Å². The fourth-order valence-electron chi connectivity index (χ4n) is 2.76. The molecule has 3 amide bonds. The molecule has 0 bridgehead atoms. The highest BCUT2D eigenvalue weighted by atomic mass is 35.5. The lowest BCUT2D eigenvalue weighted by molar-refractivity contribution is -0.122. The van der Waals surface area contributed by atoms with E-state index >= 15 is 0 Å². The molecule has 0 aromatic heterocycles. The monoisotopic (exact) mass is 491 g/mol. The van der Waals surface area contributed by atoms with Gasteiger partial charge in [-0.3, -0.25) is 14.4 Å². The fourth-order valence-corrected chi connectivity index (χ4v) is 4.03. The van der Waals surface area contributed by atoms with Gasteiger partial charge in [0.1, 0.15) is 5.25 Å². The number of anilines is 2. The first-order valence-corrected chi connectivity index (χ1v) is 11.1. The average Bonchev–Trinajstić information content (AvgIpc) is 3.08. The summed E-state index contributed by atoms with van der Waals surface area (Å²) >= 11 is 13.1. The van der Waals surface area contributed by atoms with Crippen molar-refractivity contribution in [3.05, 3.63) is 58.1 Å². The van der Waals surface area contributed by atoms with E-state index in [1.54, 1.807) is 43.3 Å². The molecular formula is C21H19Cl2N5O3S. The molecule has 11 heteroatoms. The van der Waals surface area contributed by atoms with Crippen LogP contribution in [0, 0.1) is 0 Å². The molecule has 3 N–H and O–H groups in total. The minimum atomic E-state index is -0.648. The SMILES string of the molecule is CC(=O)Nc1cccc(/C(C)=N\N=C2/NC(=O)[C@H](CC(=O)Nc3cccc(Cl)c3Cl)S2)c1. The molecule has 1 aliphatic rings. The lowest BCUT2D eigenvalue weighted by atomic mass is 10.1. The first-order chi connectivity index (χ1) is 15.2. The number of nitrogens with zero attached hydrogens (tertiary/aromatic N) is 2. The molecule has 0 saturated carbocycles. The van der Waals surface area contributed by atoms with E-state index in [1.165, 1.54) is 6.92 Å². The van der Waals surface area contributed by atoms with Crippen LogP contribution in [0.3, 0.4) is 0 Å². The van der Waals surface area contributed by atoms with Gasteiger partial charge in [0.15, 0.2) is 5.17 Å². The summed E-state index contributed by atoms with van der Waals surface area (Å²) < 4.78 is 0. The largest absolute Gasteiger partial charge is 0.326 e. The molecule has 0 aliphatic carbocycles. The molecular weight excluding hydrogens is 473 g/mol. The molecule has 1 heterocycles. The van der Waals surface area contributed by atoms with E-state index in [4.69, 9.17) is 23.2 Å². The van der Waals surface area contributed by atoms with Crippen molar-refractivity contribution in [1.82, 2.24) is 5.32 Å². The van der Waals surface area contributed by atoms with Gasteiger partial charge in [-0.15, -0.1) is 5.10 Å². The summed E-state index contributed by atoms with van der Waals surface area (Å²) in [5.74, 6) is -0.881. The lowest BCUT2D eigenvalue weighted by Gasteiger charge is -2.09. The number of carbonyl (C=O) groups is 3. The average molecular weight is 492 g/mol. The maximum Gasteiger partial charge on any atom is 0.240 e. The normalized spacial score (nSPS) is 17.2. The standard InChI is InChI=1S/C21H19Cl2N5O3S/c1-11(13-5-3-6-14(9-13)24-12(2)29)27-28-21-26-20(31)17(32-21)10-18(30)25-16-8-4-7-15(22)19(16)23/h3-9,17H,10H2,1-2H3,(H,24,29)(H,25,30)(H,26,28,31)/b27-11-/t17-/m0/s1. The summed E-state index contributed by atoms with van der Waals surface area (Å²) in [7, 11) is 0. The van der Waals surface area contributed by atoms with Crippen LogP contribution in [-0.2, 0) is 14.4 Å². The van der Waals surface area contributed by atoms with Crippen molar-refractivity contribution in [2.75, 3.05) is 10.6 Å². The lowest BCUT2D eigenvalue weighted by Crippen LogP contribution is -2.28. The van der Waals surface area contributed by atoms with Crippen molar-refractivity contribution in [3.8, 4) is 0 Å². The van der Waals surface area contributed by atoms with Crippen LogP contribution < -0.4 is 16.0 Å². The van der Waals surface area contributed by atoms with E-state index in [0.717, 1.165) is 17.3 Å². The van der Waals surface area contributed by atoms with Crippen molar-refractivity contribution in [1.29, 1.82) is 0 Å². The first-order valence-electron chi connectivity index (χ1n) is 9.44. The number of amidine groups is 1. The number of amides is 3. The molecule has 8 nitrogen and oxygen atoms in total. The van der Waals surface area contributed by atoms with Gasteiger partial charge in [-0.05, 0) is 36.8 Å². The van der Waals surface area contributed by atoms with Crippen LogP contribution >= 0.6 is 35.0 Å². The molecule has 0 unspecified atom stereocenters. The van der Waals surface area contributed by atoms with E-state index in [9.17, 15) is 14.4 Å². The minimum Gasteiger partial charge on any atom is -0.326 e. The molecule has 2 aromatic rings. The summed E-state index contributed by atoms with van der Waals surface area (Å²) in [4.78, 5) is 35.8. The Bertz CT molecular complexity index is 1140. The zero-order valence-electron chi connectivity index (χ0n) is 17.1. The van der Waals surface area contributed by atoms with E-state index in [0.29, 0.717) is 27.3 Å². The van der Waals surface area contributed by atoms with Gasteiger partial charge in [-0.25, -0.2) is 0 Å². The highest BCUT2D eigenvalue weighted by molar-refractivity contribution is 8.15. The van der Waals surface area contributed by atoms with Crippen molar-refractivity contribution >= 4 is 74.9 Å². The third-order valence-electron chi connectivity index (χ3n) is 4.26. The molecule has 166 valence electrons.